The Bertz CT molecular complexity index is 975. The molecular weight excluding hydrogens is 374 g/mol. The number of allylic oxidation sites excluding steroid dienone is 1. The molecule has 0 radical (unpaired) electrons. The van der Waals surface area contributed by atoms with Crippen molar-refractivity contribution in [3.05, 3.63) is 60.4 Å². The summed E-state index contributed by atoms with van der Waals surface area (Å²) in [5, 5.41) is 18.3. The molecule has 0 saturated carbocycles. The average molecular weight is 397 g/mol. The molecule has 0 bridgehead atoms. The number of rotatable bonds is 9. The molecule has 1 N–H and O–H groups in total. The van der Waals surface area contributed by atoms with E-state index in [2.05, 4.69) is 16.9 Å². The zero-order valence-electron chi connectivity index (χ0n) is 16.6. The second-order valence-corrected chi connectivity index (χ2v) is 6.12. The minimum Gasteiger partial charge on any atom is -0.504 e. The highest BCUT2D eigenvalue weighted by molar-refractivity contribution is 5.58. The van der Waals surface area contributed by atoms with E-state index in [0.717, 1.165) is 5.56 Å². The van der Waals surface area contributed by atoms with Crippen molar-refractivity contribution < 1.29 is 24.1 Å². The van der Waals surface area contributed by atoms with Gasteiger partial charge in [0.1, 0.15) is 12.3 Å². The maximum absolute atomic E-state index is 10.1. The Morgan fingerprint density at radius 1 is 1.03 bits per heavy atom. The smallest absolute Gasteiger partial charge is 0.203 e. The Labute approximate surface area is 168 Å². The Kier molecular flexibility index (Phi) is 6.23. The summed E-state index contributed by atoms with van der Waals surface area (Å²) in [6.45, 7) is 3.84. The van der Waals surface area contributed by atoms with Gasteiger partial charge in [-0.15, -0.1) is 11.7 Å². The van der Waals surface area contributed by atoms with Crippen LogP contribution in [-0.2, 0) is 13.0 Å². The predicted octanol–water partition coefficient (Wildman–Crippen LogP) is 3.31. The number of aromatic hydroxyl groups is 1. The molecule has 3 rings (SSSR count). The van der Waals surface area contributed by atoms with E-state index in [-0.39, 0.29) is 12.4 Å². The Morgan fingerprint density at radius 2 is 1.76 bits per heavy atom. The molecule has 0 aliphatic rings. The summed E-state index contributed by atoms with van der Waals surface area (Å²) < 4.78 is 23.3. The normalized spacial score (nSPS) is 10.4. The van der Waals surface area contributed by atoms with E-state index in [9.17, 15) is 5.11 Å². The third kappa shape index (κ3) is 4.43. The van der Waals surface area contributed by atoms with Crippen molar-refractivity contribution in [3.8, 4) is 34.4 Å². The number of benzene rings is 2. The maximum atomic E-state index is 10.1. The van der Waals surface area contributed by atoms with Crippen LogP contribution in [0.3, 0.4) is 0 Å². The van der Waals surface area contributed by atoms with Crippen LogP contribution in [0, 0.1) is 0 Å². The second-order valence-electron chi connectivity index (χ2n) is 6.12. The molecule has 8 heteroatoms. The van der Waals surface area contributed by atoms with Crippen LogP contribution >= 0.6 is 0 Å². The third-order valence-corrected chi connectivity index (χ3v) is 4.23. The predicted molar refractivity (Wildman–Crippen MR) is 107 cm³/mol. The van der Waals surface area contributed by atoms with E-state index in [1.54, 1.807) is 62.5 Å². The van der Waals surface area contributed by atoms with Crippen molar-refractivity contribution in [2.45, 2.75) is 13.0 Å². The first kappa shape index (κ1) is 20.1. The van der Waals surface area contributed by atoms with Gasteiger partial charge in [0.25, 0.3) is 0 Å². The van der Waals surface area contributed by atoms with Crippen molar-refractivity contribution in [1.29, 1.82) is 0 Å². The van der Waals surface area contributed by atoms with Crippen molar-refractivity contribution >= 4 is 0 Å². The fourth-order valence-corrected chi connectivity index (χ4v) is 2.82. The van der Waals surface area contributed by atoms with Gasteiger partial charge in [0.05, 0.1) is 33.2 Å². The van der Waals surface area contributed by atoms with Crippen LogP contribution in [0.5, 0.6) is 28.7 Å². The van der Waals surface area contributed by atoms with E-state index in [1.165, 1.54) is 0 Å². The van der Waals surface area contributed by atoms with Crippen LogP contribution in [-0.4, -0.2) is 41.4 Å². The first-order valence-corrected chi connectivity index (χ1v) is 8.86. The lowest BCUT2D eigenvalue weighted by Gasteiger charge is -2.13. The molecular formula is C21H23N3O5. The van der Waals surface area contributed by atoms with E-state index in [0.29, 0.717) is 40.8 Å². The Balaban J connectivity index is 1.77. The number of methoxy groups -OCH3 is 3. The summed E-state index contributed by atoms with van der Waals surface area (Å²) in [6.07, 6.45) is 4.18. The number of phenols is 1. The summed E-state index contributed by atoms with van der Waals surface area (Å²) in [5.74, 6) is 1.97. The lowest BCUT2D eigenvalue weighted by Crippen LogP contribution is -2.00. The molecule has 0 atom stereocenters. The Morgan fingerprint density at radius 3 is 2.34 bits per heavy atom. The fourth-order valence-electron chi connectivity index (χ4n) is 2.82. The van der Waals surface area contributed by atoms with E-state index >= 15 is 0 Å². The number of hydrogen-bond acceptors (Lipinski definition) is 7. The maximum Gasteiger partial charge on any atom is 0.203 e. The number of hydrogen-bond donors (Lipinski definition) is 1. The number of ether oxygens (including phenoxy) is 4. The van der Waals surface area contributed by atoms with Crippen molar-refractivity contribution in [2.75, 3.05) is 21.3 Å². The molecule has 0 aliphatic heterocycles. The fraction of sp³-hybridized carbons (Fsp3) is 0.238. The van der Waals surface area contributed by atoms with E-state index < -0.39 is 0 Å². The van der Waals surface area contributed by atoms with Gasteiger partial charge in [0.15, 0.2) is 23.0 Å². The zero-order chi connectivity index (χ0) is 20.8. The molecule has 29 heavy (non-hydrogen) atoms. The minimum atomic E-state index is 0.0707. The van der Waals surface area contributed by atoms with Crippen LogP contribution in [0.15, 0.2) is 49.2 Å². The van der Waals surface area contributed by atoms with Gasteiger partial charge < -0.3 is 24.1 Å². The zero-order valence-corrected chi connectivity index (χ0v) is 16.6. The summed E-state index contributed by atoms with van der Waals surface area (Å²) >= 11 is 0. The number of phenolic OH excluding ortho intramolecular Hbond substituents is 1. The highest BCUT2D eigenvalue weighted by Gasteiger charge is 2.15. The molecule has 1 heterocycles. The molecule has 8 nitrogen and oxygen atoms in total. The molecule has 152 valence electrons. The van der Waals surface area contributed by atoms with Crippen LogP contribution < -0.4 is 18.9 Å². The lowest BCUT2D eigenvalue weighted by molar-refractivity contribution is 0.284. The standard InChI is InChI=1S/C21H23N3O5/c1-5-6-14-7-8-18(17(25)9-14)29-13-15-12-24(23-22-15)16-10-19(26-2)21(28-4)20(11-16)27-3/h5,7-12,25H,1,6,13H2,2-4H3. The molecule has 0 amide bonds. The van der Waals surface area contributed by atoms with Gasteiger partial charge in [-0.1, -0.05) is 17.4 Å². The van der Waals surface area contributed by atoms with Gasteiger partial charge in [0.2, 0.25) is 5.75 Å². The van der Waals surface area contributed by atoms with Gasteiger partial charge in [-0.25, -0.2) is 4.68 Å². The second kappa shape index (κ2) is 9.01. The van der Waals surface area contributed by atoms with Crippen molar-refractivity contribution in [2.24, 2.45) is 0 Å². The van der Waals surface area contributed by atoms with Crippen LogP contribution in [0.2, 0.25) is 0 Å². The summed E-state index contributed by atoms with van der Waals surface area (Å²) in [5.41, 5.74) is 2.24. The Hall–Kier alpha value is -3.68. The first-order chi connectivity index (χ1) is 14.1. The van der Waals surface area contributed by atoms with Crippen LogP contribution in [0.4, 0.5) is 0 Å². The molecule has 0 fully saturated rings. The average Bonchev–Trinajstić information content (AvgIpc) is 3.21. The lowest BCUT2D eigenvalue weighted by atomic mass is 10.1. The van der Waals surface area contributed by atoms with Crippen LogP contribution in [0.1, 0.15) is 11.3 Å². The third-order valence-electron chi connectivity index (χ3n) is 4.23. The molecule has 0 aliphatic carbocycles. The molecule has 0 unspecified atom stereocenters. The van der Waals surface area contributed by atoms with Crippen molar-refractivity contribution in [3.63, 3.8) is 0 Å². The minimum absolute atomic E-state index is 0.0707. The summed E-state index contributed by atoms with van der Waals surface area (Å²) in [6, 6.07) is 8.79. The van der Waals surface area contributed by atoms with Gasteiger partial charge in [-0.05, 0) is 24.1 Å². The largest absolute Gasteiger partial charge is 0.504 e. The van der Waals surface area contributed by atoms with Gasteiger partial charge >= 0.3 is 0 Å². The number of aromatic nitrogens is 3. The highest BCUT2D eigenvalue weighted by atomic mass is 16.5. The molecule has 0 saturated heterocycles. The van der Waals surface area contributed by atoms with E-state index in [4.69, 9.17) is 18.9 Å². The topological polar surface area (TPSA) is 87.9 Å². The monoisotopic (exact) mass is 397 g/mol. The van der Waals surface area contributed by atoms with E-state index in [1.807, 2.05) is 6.07 Å². The molecule has 0 spiro atoms. The molecule has 1 aromatic heterocycles. The van der Waals surface area contributed by atoms with Gasteiger partial charge in [-0.3, -0.25) is 0 Å². The number of nitrogens with zero attached hydrogens (tertiary/aromatic N) is 3. The SMILES string of the molecule is C=CCc1ccc(OCc2cn(-c3cc(OC)c(OC)c(OC)c3)nn2)c(O)c1. The quantitative estimate of drug-likeness (QED) is 0.554. The molecule has 3 aromatic rings. The highest BCUT2D eigenvalue weighted by Crippen LogP contribution is 2.39. The van der Waals surface area contributed by atoms with Gasteiger partial charge in [0, 0.05) is 12.1 Å². The summed E-state index contributed by atoms with van der Waals surface area (Å²) in [7, 11) is 4.65. The van der Waals surface area contributed by atoms with Crippen molar-refractivity contribution in [1.82, 2.24) is 15.0 Å². The van der Waals surface area contributed by atoms with Gasteiger partial charge in [-0.2, -0.15) is 0 Å². The van der Waals surface area contributed by atoms with Crippen LogP contribution in [0.25, 0.3) is 5.69 Å². The molecule has 2 aromatic carbocycles. The first-order valence-electron chi connectivity index (χ1n) is 8.86. The summed E-state index contributed by atoms with van der Waals surface area (Å²) in [4.78, 5) is 0.